The summed E-state index contributed by atoms with van der Waals surface area (Å²) in [6.45, 7) is 8.46. The molecule has 1 heterocycles. The van der Waals surface area contributed by atoms with Crippen molar-refractivity contribution in [1.29, 1.82) is 0 Å². The van der Waals surface area contributed by atoms with Crippen LogP contribution in [-0.2, 0) is 6.54 Å². The number of benzene rings is 1. The fraction of sp³-hybridized carbons (Fsp3) is 0.647. The molecule has 1 aromatic rings. The lowest BCUT2D eigenvalue weighted by Crippen LogP contribution is -2.34. The number of likely N-dealkylation sites (tertiary alicyclic amines) is 1. The second-order valence-electron chi connectivity index (χ2n) is 6.04. The molecule has 1 aromatic carbocycles. The van der Waals surface area contributed by atoms with Crippen molar-refractivity contribution in [2.45, 2.75) is 45.7 Å². The van der Waals surface area contributed by atoms with E-state index in [0.29, 0.717) is 6.54 Å². The predicted octanol–water partition coefficient (Wildman–Crippen LogP) is 3.03. The Morgan fingerprint density at radius 1 is 1.30 bits per heavy atom. The predicted molar refractivity (Wildman–Crippen MR) is 83.9 cm³/mol. The summed E-state index contributed by atoms with van der Waals surface area (Å²) in [6, 6.07) is 8.86. The summed E-state index contributed by atoms with van der Waals surface area (Å²) >= 11 is 0. The second-order valence-corrected chi connectivity index (χ2v) is 6.04. The molecule has 1 aliphatic heterocycles. The molecule has 0 aliphatic carbocycles. The van der Waals surface area contributed by atoms with Crippen molar-refractivity contribution in [2.24, 2.45) is 11.7 Å². The van der Waals surface area contributed by atoms with Gasteiger partial charge in [0.05, 0.1) is 6.61 Å². The van der Waals surface area contributed by atoms with E-state index >= 15 is 0 Å². The highest BCUT2D eigenvalue weighted by Crippen LogP contribution is 2.23. The van der Waals surface area contributed by atoms with Crippen LogP contribution in [0.1, 0.15) is 38.7 Å². The summed E-state index contributed by atoms with van der Waals surface area (Å²) in [5.74, 6) is 1.71. The standard InChI is InChI=1S/C17H28N2O/c1-14(2)17-5-3-10-19(17)11-4-12-20-16-8-6-15(13-18)7-9-16/h6-9,14,17H,3-5,10-13,18H2,1-2H3. The molecule has 3 heteroatoms. The molecule has 0 saturated carbocycles. The fourth-order valence-electron chi connectivity index (χ4n) is 3.06. The second kappa shape index (κ2) is 7.65. The molecular formula is C17H28N2O. The van der Waals surface area contributed by atoms with Crippen LogP contribution in [0, 0.1) is 5.92 Å². The monoisotopic (exact) mass is 276 g/mol. The fourth-order valence-corrected chi connectivity index (χ4v) is 3.06. The van der Waals surface area contributed by atoms with Crippen LogP contribution in [0.4, 0.5) is 0 Å². The highest BCUT2D eigenvalue weighted by Gasteiger charge is 2.26. The Morgan fingerprint density at radius 2 is 2.05 bits per heavy atom. The molecule has 20 heavy (non-hydrogen) atoms. The molecule has 1 unspecified atom stereocenters. The first-order valence-corrected chi connectivity index (χ1v) is 7.86. The summed E-state index contributed by atoms with van der Waals surface area (Å²) in [5.41, 5.74) is 6.73. The van der Waals surface area contributed by atoms with Gasteiger partial charge in [-0.1, -0.05) is 26.0 Å². The summed E-state index contributed by atoms with van der Waals surface area (Å²) in [6.07, 6.45) is 3.81. The normalized spacial score (nSPS) is 19.7. The molecule has 0 radical (unpaired) electrons. The Balaban J connectivity index is 1.68. The van der Waals surface area contributed by atoms with Crippen LogP contribution in [-0.4, -0.2) is 30.6 Å². The zero-order valence-corrected chi connectivity index (χ0v) is 12.8. The number of ether oxygens (including phenoxy) is 1. The summed E-state index contributed by atoms with van der Waals surface area (Å²) in [7, 11) is 0. The van der Waals surface area contributed by atoms with Crippen molar-refractivity contribution >= 4 is 0 Å². The van der Waals surface area contributed by atoms with Gasteiger partial charge < -0.3 is 15.4 Å². The minimum absolute atomic E-state index is 0.589. The maximum Gasteiger partial charge on any atom is 0.119 e. The zero-order chi connectivity index (χ0) is 14.4. The van der Waals surface area contributed by atoms with E-state index < -0.39 is 0 Å². The van der Waals surface area contributed by atoms with Crippen LogP contribution in [0.5, 0.6) is 5.75 Å². The Morgan fingerprint density at radius 3 is 2.70 bits per heavy atom. The molecule has 3 nitrogen and oxygen atoms in total. The van der Waals surface area contributed by atoms with Crippen molar-refractivity contribution < 1.29 is 4.74 Å². The van der Waals surface area contributed by atoms with Crippen LogP contribution >= 0.6 is 0 Å². The molecular weight excluding hydrogens is 248 g/mol. The Labute approximate surface area is 123 Å². The average molecular weight is 276 g/mol. The Kier molecular flexibility index (Phi) is 5.86. The van der Waals surface area contributed by atoms with Crippen molar-refractivity contribution in [3.8, 4) is 5.75 Å². The van der Waals surface area contributed by atoms with Crippen molar-refractivity contribution in [1.82, 2.24) is 4.90 Å². The lowest BCUT2D eigenvalue weighted by atomic mass is 10.0. The molecule has 0 spiro atoms. The molecule has 1 aliphatic rings. The third kappa shape index (κ3) is 4.22. The van der Waals surface area contributed by atoms with Crippen molar-refractivity contribution in [2.75, 3.05) is 19.7 Å². The van der Waals surface area contributed by atoms with Gasteiger partial charge in [-0.05, 0) is 49.4 Å². The van der Waals surface area contributed by atoms with Crippen LogP contribution < -0.4 is 10.5 Å². The first-order valence-electron chi connectivity index (χ1n) is 7.86. The number of rotatable bonds is 7. The van der Waals surface area contributed by atoms with Gasteiger partial charge in [-0.2, -0.15) is 0 Å². The molecule has 1 saturated heterocycles. The van der Waals surface area contributed by atoms with Crippen LogP contribution in [0.2, 0.25) is 0 Å². The SMILES string of the molecule is CC(C)C1CCCN1CCCOc1ccc(CN)cc1. The third-order valence-corrected chi connectivity index (χ3v) is 4.20. The lowest BCUT2D eigenvalue weighted by molar-refractivity contribution is 0.188. The molecule has 0 aromatic heterocycles. The minimum Gasteiger partial charge on any atom is -0.494 e. The maximum absolute atomic E-state index is 5.79. The van der Waals surface area contributed by atoms with Gasteiger partial charge in [0.25, 0.3) is 0 Å². The highest BCUT2D eigenvalue weighted by atomic mass is 16.5. The third-order valence-electron chi connectivity index (χ3n) is 4.20. The van der Waals surface area contributed by atoms with E-state index in [4.69, 9.17) is 10.5 Å². The van der Waals surface area contributed by atoms with Crippen LogP contribution in [0.15, 0.2) is 24.3 Å². The number of nitrogens with two attached hydrogens (primary N) is 1. The maximum atomic E-state index is 5.79. The first kappa shape index (κ1) is 15.3. The number of nitrogens with zero attached hydrogens (tertiary/aromatic N) is 1. The van der Waals surface area contributed by atoms with Gasteiger partial charge in [0.1, 0.15) is 5.75 Å². The number of hydrogen-bond acceptors (Lipinski definition) is 3. The van der Waals surface area contributed by atoms with Crippen molar-refractivity contribution in [3.63, 3.8) is 0 Å². The highest BCUT2D eigenvalue weighted by molar-refractivity contribution is 5.26. The van der Waals surface area contributed by atoms with E-state index in [9.17, 15) is 0 Å². The molecule has 112 valence electrons. The van der Waals surface area contributed by atoms with Gasteiger partial charge in [-0.15, -0.1) is 0 Å². The van der Waals surface area contributed by atoms with Gasteiger partial charge >= 0.3 is 0 Å². The smallest absolute Gasteiger partial charge is 0.119 e. The van der Waals surface area contributed by atoms with E-state index in [-0.39, 0.29) is 0 Å². The Bertz CT molecular complexity index is 388. The van der Waals surface area contributed by atoms with Crippen LogP contribution in [0.3, 0.4) is 0 Å². The average Bonchev–Trinajstić information content (AvgIpc) is 2.93. The van der Waals surface area contributed by atoms with Gasteiger partial charge in [0.15, 0.2) is 0 Å². The van der Waals surface area contributed by atoms with Gasteiger partial charge in [-0.3, -0.25) is 0 Å². The summed E-state index contributed by atoms with van der Waals surface area (Å²) < 4.78 is 5.79. The van der Waals surface area contributed by atoms with E-state index in [1.54, 1.807) is 0 Å². The van der Waals surface area contributed by atoms with Crippen molar-refractivity contribution in [3.05, 3.63) is 29.8 Å². The van der Waals surface area contributed by atoms with Gasteiger partial charge in [0.2, 0.25) is 0 Å². The lowest BCUT2D eigenvalue weighted by Gasteiger charge is -2.27. The largest absolute Gasteiger partial charge is 0.494 e. The molecule has 1 atom stereocenters. The molecule has 0 bridgehead atoms. The first-order chi connectivity index (χ1) is 9.70. The Hall–Kier alpha value is -1.06. The van der Waals surface area contributed by atoms with Crippen LogP contribution in [0.25, 0.3) is 0 Å². The quantitative estimate of drug-likeness (QED) is 0.778. The summed E-state index contributed by atoms with van der Waals surface area (Å²) in [4.78, 5) is 2.63. The molecule has 1 fully saturated rings. The summed E-state index contributed by atoms with van der Waals surface area (Å²) in [5, 5.41) is 0. The van der Waals surface area contributed by atoms with Gasteiger partial charge in [-0.25, -0.2) is 0 Å². The molecule has 2 N–H and O–H groups in total. The van der Waals surface area contributed by atoms with E-state index in [1.807, 2.05) is 24.3 Å². The van der Waals surface area contributed by atoms with Gasteiger partial charge in [0, 0.05) is 19.1 Å². The zero-order valence-electron chi connectivity index (χ0n) is 12.8. The molecule has 0 amide bonds. The van der Waals surface area contributed by atoms with E-state index in [1.165, 1.54) is 19.4 Å². The van der Waals surface area contributed by atoms with E-state index in [2.05, 4.69) is 18.7 Å². The van der Waals surface area contributed by atoms with E-state index in [0.717, 1.165) is 42.8 Å². The minimum atomic E-state index is 0.589. The molecule has 2 rings (SSSR count). The topological polar surface area (TPSA) is 38.5 Å². The number of hydrogen-bond donors (Lipinski definition) is 1.